The van der Waals surface area contributed by atoms with Crippen molar-refractivity contribution >= 4 is 21.8 Å². The van der Waals surface area contributed by atoms with Crippen molar-refractivity contribution in [2.75, 3.05) is 13.1 Å². The Labute approximate surface area is 110 Å². The standard InChI is InChI=1S/C13H15BrN2O/c1-3-16(9-10(2)8-15)13(17)11-6-4-5-7-12(11)14/h4-7,10H,3,9H2,1-2H3. The summed E-state index contributed by atoms with van der Waals surface area (Å²) in [6.45, 7) is 4.80. The Balaban J connectivity index is 2.88. The maximum Gasteiger partial charge on any atom is 0.255 e. The fourth-order valence-electron chi connectivity index (χ4n) is 1.53. The van der Waals surface area contributed by atoms with E-state index in [0.717, 1.165) is 4.47 Å². The Morgan fingerprint density at radius 1 is 1.53 bits per heavy atom. The lowest BCUT2D eigenvalue weighted by Crippen LogP contribution is -2.34. The normalized spacial score (nSPS) is 11.6. The van der Waals surface area contributed by atoms with Crippen molar-refractivity contribution in [3.05, 3.63) is 34.3 Å². The van der Waals surface area contributed by atoms with E-state index >= 15 is 0 Å². The highest BCUT2D eigenvalue weighted by molar-refractivity contribution is 9.10. The fraction of sp³-hybridized carbons (Fsp3) is 0.385. The molecule has 4 heteroatoms. The molecule has 1 atom stereocenters. The Hall–Kier alpha value is -1.34. The number of nitriles is 1. The first-order valence-corrected chi connectivity index (χ1v) is 6.32. The molecule has 0 fully saturated rings. The van der Waals surface area contributed by atoms with E-state index in [4.69, 9.17) is 5.26 Å². The summed E-state index contributed by atoms with van der Waals surface area (Å²) < 4.78 is 0.785. The summed E-state index contributed by atoms with van der Waals surface area (Å²) in [7, 11) is 0. The lowest BCUT2D eigenvalue weighted by Gasteiger charge is -2.22. The van der Waals surface area contributed by atoms with Crippen molar-refractivity contribution in [1.29, 1.82) is 5.26 Å². The summed E-state index contributed by atoms with van der Waals surface area (Å²) in [6.07, 6.45) is 0. The summed E-state index contributed by atoms with van der Waals surface area (Å²) in [4.78, 5) is 13.9. The van der Waals surface area contributed by atoms with Gasteiger partial charge in [-0.2, -0.15) is 5.26 Å². The third-order valence-corrected chi connectivity index (χ3v) is 3.18. The molecule has 17 heavy (non-hydrogen) atoms. The average molecular weight is 295 g/mol. The number of benzene rings is 1. The van der Waals surface area contributed by atoms with Gasteiger partial charge in [-0.05, 0) is 41.9 Å². The van der Waals surface area contributed by atoms with Gasteiger partial charge in [0.1, 0.15) is 0 Å². The van der Waals surface area contributed by atoms with E-state index in [1.807, 2.05) is 32.0 Å². The predicted octanol–water partition coefficient (Wildman–Crippen LogP) is 3.07. The van der Waals surface area contributed by atoms with E-state index in [0.29, 0.717) is 18.7 Å². The van der Waals surface area contributed by atoms with Crippen LogP contribution in [0, 0.1) is 17.2 Å². The molecule has 1 amide bonds. The van der Waals surface area contributed by atoms with Crippen molar-refractivity contribution in [1.82, 2.24) is 4.90 Å². The van der Waals surface area contributed by atoms with Crippen molar-refractivity contribution in [2.45, 2.75) is 13.8 Å². The predicted molar refractivity (Wildman–Crippen MR) is 70.5 cm³/mol. The van der Waals surface area contributed by atoms with Gasteiger partial charge in [0, 0.05) is 17.6 Å². The molecule has 3 nitrogen and oxygen atoms in total. The van der Waals surface area contributed by atoms with Crippen LogP contribution in [0.25, 0.3) is 0 Å². The molecule has 0 aromatic heterocycles. The lowest BCUT2D eigenvalue weighted by atomic mass is 10.1. The van der Waals surface area contributed by atoms with Crippen LogP contribution in [0.3, 0.4) is 0 Å². The molecule has 0 saturated heterocycles. The minimum Gasteiger partial charge on any atom is -0.338 e. The van der Waals surface area contributed by atoms with Crippen LogP contribution in [0.1, 0.15) is 24.2 Å². The second kappa shape index (κ2) is 6.41. The van der Waals surface area contributed by atoms with E-state index in [1.54, 1.807) is 11.0 Å². The maximum atomic E-state index is 12.2. The monoisotopic (exact) mass is 294 g/mol. The number of hydrogen-bond donors (Lipinski definition) is 0. The highest BCUT2D eigenvalue weighted by Gasteiger charge is 2.18. The van der Waals surface area contributed by atoms with E-state index in [-0.39, 0.29) is 11.8 Å². The molecule has 0 bridgehead atoms. The molecule has 0 aliphatic carbocycles. The van der Waals surface area contributed by atoms with Crippen LogP contribution >= 0.6 is 15.9 Å². The summed E-state index contributed by atoms with van der Waals surface area (Å²) in [5.74, 6) is -0.191. The van der Waals surface area contributed by atoms with E-state index in [2.05, 4.69) is 22.0 Å². The topological polar surface area (TPSA) is 44.1 Å². The zero-order chi connectivity index (χ0) is 12.8. The van der Waals surface area contributed by atoms with Crippen molar-refractivity contribution in [3.8, 4) is 6.07 Å². The molecular formula is C13H15BrN2O. The molecule has 0 N–H and O–H groups in total. The van der Waals surface area contributed by atoms with Gasteiger partial charge in [0.15, 0.2) is 0 Å². The van der Waals surface area contributed by atoms with Crippen molar-refractivity contribution in [2.24, 2.45) is 5.92 Å². The van der Waals surface area contributed by atoms with Gasteiger partial charge in [-0.1, -0.05) is 12.1 Å². The van der Waals surface area contributed by atoms with E-state index in [9.17, 15) is 4.79 Å². The van der Waals surface area contributed by atoms with Crippen LogP contribution in [0.15, 0.2) is 28.7 Å². The van der Waals surface area contributed by atoms with Crippen LogP contribution in [0.5, 0.6) is 0 Å². The number of carbonyl (C=O) groups is 1. The molecule has 1 aromatic rings. The second-order valence-electron chi connectivity index (χ2n) is 3.85. The van der Waals surface area contributed by atoms with Gasteiger partial charge in [-0.25, -0.2) is 0 Å². The maximum absolute atomic E-state index is 12.2. The number of nitrogens with zero attached hydrogens (tertiary/aromatic N) is 2. The third kappa shape index (κ3) is 3.57. The van der Waals surface area contributed by atoms with Crippen LogP contribution in [0.2, 0.25) is 0 Å². The number of hydrogen-bond acceptors (Lipinski definition) is 2. The minimum atomic E-state index is -0.151. The van der Waals surface area contributed by atoms with Crippen LogP contribution < -0.4 is 0 Å². The van der Waals surface area contributed by atoms with Crippen molar-refractivity contribution < 1.29 is 4.79 Å². The van der Waals surface area contributed by atoms with Crippen LogP contribution in [0.4, 0.5) is 0 Å². The summed E-state index contributed by atoms with van der Waals surface area (Å²) in [5.41, 5.74) is 0.638. The van der Waals surface area contributed by atoms with Gasteiger partial charge < -0.3 is 4.90 Å². The van der Waals surface area contributed by atoms with Gasteiger partial charge in [-0.15, -0.1) is 0 Å². The molecule has 1 aromatic carbocycles. The Kier molecular flexibility index (Phi) is 5.17. The minimum absolute atomic E-state index is 0.0397. The van der Waals surface area contributed by atoms with Crippen molar-refractivity contribution in [3.63, 3.8) is 0 Å². The molecule has 0 aliphatic rings. The Bertz CT molecular complexity index is 439. The molecule has 90 valence electrons. The lowest BCUT2D eigenvalue weighted by molar-refractivity contribution is 0.0752. The average Bonchev–Trinajstić information content (AvgIpc) is 2.35. The fourth-order valence-corrected chi connectivity index (χ4v) is 1.99. The molecule has 0 aliphatic heterocycles. The first-order chi connectivity index (χ1) is 8.10. The quantitative estimate of drug-likeness (QED) is 0.857. The zero-order valence-electron chi connectivity index (χ0n) is 9.98. The number of carbonyl (C=O) groups excluding carboxylic acids is 1. The molecule has 0 radical (unpaired) electrons. The third-order valence-electron chi connectivity index (χ3n) is 2.49. The van der Waals surface area contributed by atoms with Gasteiger partial charge in [0.05, 0.1) is 17.6 Å². The highest BCUT2D eigenvalue weighted by atomic mass is 79.9. The van der Waals surface area contributed by atoms with Crippen LogP contribution in [-0.2, 0) is 0 Å². The van der Waals surface area contributed by atoms with Gasteiger partial charge in [-0.3, -0.25) is 4.79 Å². The number of halogens is 1. The molecular weight excluding hydrogens is 280 g/mol. The molecule has 0 heterocycles. The zero-order valence-corrected chi connectivity index (χ0v) is 11.6. The summed E-state index contributed by atoms with van der Waals surface area (Å²) >= 11 is 3.37. The molecule has 1 rings (SSSR count). The van der Waals surface area contributed by atoms with E-state index in [1.165, 1.54) is 0 Å². The van der Waals surface area contributed by atoms with Gasteiger partial charge in [0.25, 0.3) is 5.91 Å². The first kappa shape index (κ1) is 13.7. The first-order valence-electron chi connectivity index (χ1n) is 5.53. The summed E-state index contributed by atoms with van der Waals surface area (Å²) in [6, 6.07) is 9.47. The SMILES string of the molecule is CCN(CC(C)C#N)C(=O)c1ccccc1Br. The second-order valence-corrected chi connectivity index (χ2v) is 4.71. The number of amides is 1. The Morgan fingerprint density at radius 2 is 2.18 bits per heavy atom. The van der Waals surface area contributed by atoms with Gasteiger partial charge in [0.2, 0.25) is 0 Å². The molecule has 0 spiro atoms. The smallest absolute Gasteiger partial charge is 0.255 e. The molecule has 0 saturated carbocycles. The van der Waals surface area contributed by atoms with Crippen LogP contribution in [-0.4, -0.2) is 23.9 Å². The molecule has 1 unspecified atom stereocenters. The highest BCUT2D eigenvalue weighted by Crippen LogP contribution is 2.18. The summed E-state index contributed by atoms with van der Waals surface area (Å²) in [5, 5.41) is 8.79. The van der Waals surface area contributed by atoms with E-state index < -0.39 is 0 Å². The van der Waals surface area contributed by atoms with Gasteiger partial charge >= 0.3 is 0 Å². The number of rotatable bonds is 4. The Morgan fingerprint density at radius 3 is 2.71 bits per heavy atom. The largest absolute Gasteiger partial charge is 0.338 e.